The first-order valence-electron chi connectivity index (χ1n) is 11.6. The van der Waals surface area contributed by atoms with Crippen molar-refractivity contribution >= 4 is 61.6 Å². The Labute approximate surface area is 225 Å². The molecule has 8 nitrogen and oxygen atoms in total. The molecule has 5 rings (SSSR count). The number of H-pyrrole nitrogens is 1. The van der Waals surface area contributed by atoms with Crippen molar-refractivity contribution in [2.24, 2.45) is 0 Å². The molecular weight excluding hydrogens is 548 g/mol. The summed E-state index contributed by atoms with van der Waals surface area (Å²) in [6, 6.07) is 21.5. The topological polar surface area (TPSA) is 124 Å². The Morgan fingerprint density at radius 3 is 2.63 bits per heavy atom. The van der Waals surface area contributed by atoms with Gasteiger partial charge in [0, 0.05) is 45.3 Å². The number of aromatic nitrogens is 2. The lowest BCUT2D eigenvalue weighted by molar-refractivity contribution is -0.132. The molecule has 0 radical (unpaired) electrons. The molecule has 0 aliphatic carbocycles. The number of aliphatic carboxylic acids is 1. The average molecular weight is 569 g/mol. The second kappa shape index (κ2) is 10.7. The van der Waals surface area contributed by atoms with Crippen molar-refractivity contribution in [3.63, 3.8) is 0 Å². The molecule has 0 unspecified atom stereocenters. The van der Waals surface area contributed by atoms with Crippen molar-refractivity contribution in [2.45, 2.75) is 6.54 Å². The van der Waals surface area contributed by atoms with Crippen molar-refractivity contribution in [3.8, 4) is 0 Å². The van der Waals surface area contributed by atoms with Gasteiger partial charge in [0.05, 0.1) is 11.1 Å². The molecule has 2 amide bonds. The summed E-state index contributed by atoms with van der Waals surface area (Å²) in [5.41, 5.74) is 3.50. The van der Waals surface area contributed by atoms with Crippen LogP contribution in [0.3, 0.4) is 0 Å². The molecule has 0 aliphatic heterocycles. The number of amides is 2. The van der Waals surface area contributed by atoms with E-state index in [1.165, 1.54) is 30.5 Å². The molecule has 9 heteroatoms. The van der Waals surface area contributed by atoms with Crippen LogP contribution in [-0.2, 0) is 11.3 Å². The summed E-state index contributed by atoms with van der Waals surface area (Å²) in [5, 5.41) is 16.9. The Morgan fingerprint density at radius 1 is 0.974 bits per heavy atom. The maximum absolute atomic E-state index is 12.9. The number of nitrogens with zero attached hydrogens (tertiary/aromatic N) is 1. The van der Waals surface area contributed by atoms with Gasteiger partial charge in [0.15, 0.2) is 0 Å². The Bertz CT molecular complexity index is 1740. The number of hydrogen-bond acceptors (Lipinski definition) is 4. The molecule has 2 aromatic heterocycles. The Balaban J connectivity index is 1.29. The maximum atomic E-state index is 12.9. The molecule has 5 aromatic rings. The molecule has 0 bridgehead atoms. The second-order valence-corrected chi connectivity index (χ2v) is 9.37. The lowest BCUT2D eigenvalue weighted by atomic mass is 10.1. The van der Waals surface area contributed by atoms with Crippen LogP contribution >= 0.6 is 15.9 Å². The monoisotopic (exact) mass is 568 g/mol. The van der Waals surface area contributed by atoms with E-state index in [0.717, 1.165) is 27.4 Å². The van der Waals surface area contributed by atoms with Crippen LogP contribution < -0.4 is 10.6 Å². The summed E-state index contributed by atoms with van der Waals surface area (Å²) in [5.74, 6) is -2.23. The van der Waals surface area contributed by atoms with Crippen LogP contribution in [0.15, 0.2) is 95.4 Å². The van der Waals surface area contributed by atoms with E-state index < -0.39 is 11.9 Å². The first-order chi connectivity index (χ1) is 18.4. The van der Waals surface area contributed by atoms with Gasteiger partial charge in [0.25, 0.3) is 11.8 Å². The Morgan fingerprint density at radius 2 is 1.82 bits per heavy atom. The summed E-state index contributed by atoms with van der Waals surface area (Å²) in [6.07, 6.45) is 4.73. The predicted molar refractivity (Wildman–Crippen MR) is 148 cm³/mol. The van der Waals surface area contributed by atoms with Crippen LogP contribution in [0.4, 0.5) is 0 Å². The van der Waals surface area contributed by atoms with Crippen LogP contribution in [0.2, 0.25) is 0 Å². The third-order valence-corrected chi connectivity index (χ3v) is 6.66. The number of pyridine rings is 1. The van der Waals surface area contributed by atoms with E-state index in [1.807, 2.05) is 54.7 Å². The number of carboxylic acid groups (broad SMARTS) is 1. The lowest BCUT2D eigenvalue weighted by Gasteiger charge is -2.10. The van der Waals surface area contributed by atoms with E-state index in [4.69, 9.17) is 0 Å². The zero-order valence-corrected chi connectivity index (χ0v) is 21.5. The van der Waals surface area contributed by atoms with Crippen molar-refractivity contribution < 1.29 is 19.5 Å². The van der Waals surface area contributed by atoms with Crippen molar-refractivity contribution in [2.75, 3.05) is 0 Å². The van der Waals surface area contributed by atoms with Gasteiger partial charge in [-0.1, -0.05) is 30.3 Å². The largest absolute Gasteiger partial charge is 0.477 e. The molecule has 0 saturated carbocycles. The molecule has 0 fully saturated rings. The summed E-state index contributed by atoms with van der Waals surface area (Å²) in [7, 11) is 0. The fraction of sp³-hybridized carbons (Fsp3) is 0.0345. The number of carbonyl (C=O) groups excluding carboxylic acids is 2. The van der Waals surface area contributed by atoms with Crippen LogP contribution in [-0.4, -0.2) is 32.9 Å². The normalized spacial score (nSPS) is 11.4. The average Bonchev–Trinajstić information content (AvgIpc) is 3.40. The van der Waals surface area contributed by atoms with Gasteiger partial charge in [-0.3, -0.25) is 14.6 Å². The van der Waals surface area contributed by atoms with Crippen molar-refractivity contribution in [1.82, 2.24) is 20.6 Å². The number of para-hydroxylation sites is 1. The summed E-state index contributed by atoms with van der Waals surface area (Å²) < 4.78 is 0.354. The second-order valence-electron chi connectivity index (χ2n) is 8.51. The molecular formula is C29H21BrN4O4. The van der Waals surface area contributed by atoms with Crippen LogP contribution in [0.5, 0.6) is 0 Å². The minimum absolute atomic E-state index is 0.183. The summed E-state index contributed by atoms with van der Waals surface area (Å²) in [6.45, 7) is 0.338. The van der Waals surface area contributed by atoms with Gasteiger partial charge in [0.1, 0.15) is 5.70 Å². The minimum Gasteiger partial charge on any atom is -0.477 e. The van der Waals surface area contributed by atoms with Gasteiger partial charge in [0.2, 0.25) is 0 Å². The highest BCUT2D eigenvalue weighted by molar-refractivity contribution is 9.10. The van der Waals surface area contributed by atoms with E-state index in [9.17, 15) is 19.5 Å². The van der Waals surface area contributed by atoms with Gasteiger partial charge in [-0.2, -0.15) is 0 Å². The highest BCUT2D eigenvalue weighted by atomic mass is 79.9. The zero-order valence-electron chi connectivity index (χ0n) is 19.9. The van der Waals surface area contributed by atoms with Crippen LogP contribution in [0, 0.1) is 0 Å². The maximum Gasteiger partial charge on any atom is 0.352 e. The highest BCUT2D eigenvalue weighted by Gasteiger charge is 2.18. The van der Waals surface area contributed by atoms with Gasteiger partial charge in [-0.05, 0) is 75.6 Å². The number of fused-ring (bicyclic) bond motifs is 2. The molecule has 0 aliphatic rings. The first kappa shape index (κ1) is 24.9. The molecule has 0 saturated heterocycles. The van der Waals surface area contributed by atoms with Gasteiger partial charge in [-0.25, -0.2) is 4.79 Å². The van der Waals surface area contributed by atoms with Crippen LogP contribution in [0.1, 0.15) is 31.8 Å². The Kier molecular flexibility index (Phi) is 7.01. The molecule has 4 N–H and O–H groups in total. The third kappa shape index (κ3) is 5.33. The molecule has 38 heavy (non-hydrogen) atoms. The SMILES string of the molecule is O=C(O)C(=Cc1cnc2ccccc2c1)NC(=O)c1ccc(C(=O)NCc2cccc3[nH]ccc23)cc1Br. The van der Waals surface area contributed by atoms with E-state index in [0.29, 0.717) is 22.1 Å². The fourth-order valence-corrected chi connectivity index (χ4v) is 4.66. The molecule has 188 valence electrons. The van der Waals surface area contributed by atoms with E-state index in [1.54, 1.807) is 6.07 Å². The fourth-order valence-electron chi connectivity index (χ4n) is 4.10. The molecule has 0 spiro atoms. The Hall–Kier alpha value is -4.76. The van der Waals surface area contributed by atoms with E-state index in [-0.39, 0.29) is 17.2 Å². The minimum atomic E-state index is -1.30. The summed E-state index contributed by atoms with van der Waals surface area (Å²) >= 11 is 3.34. The number of halogens is 1. The number of carboxylic acids is 1. The summed E-state index contributed by atoms with van der Waals surface area (Å²) in [4.78, 5) is 45.0. The van der Waals surface area contributed by atoms with Gasteiger partial charge < -0.3 is 20.7 Å². The quantitative estimate of drug-likeness (QED) is 0.199. The number of benzene rings is 3. The van der Waals surface area contributed by atoms with Gasteiger partial charge in [-0.15, -0.1) is 0 Å². The van der Waals surface area contributed by atoms with E-state index in [2.05, 4.69) is 36.5 Å². The highest BCUT2D eigenvalue weighted by Crippen LogP contribution is 2.21. The predicted octanol–water partition coefficient (Wildman–Crippen LogP) is 5.26. The third-order valence-electron chi connectivity index (χ3n) is 6.00. The number of rotatable bonds is 7. The molecule has 3 aromatic carbocycles. The van der Waals surface area contributed by atoms with Crippen molar-refractivity contribution in [1.29, 1.82) is 0 Å². The van der Waals surface area contributed by atoms with E-state index >= 15 is 0 Å². The number of nitrogens with one attached hydrogen (secondary N) is 3. The molecule has 2 heterocycles. The van der Waals surface area contributed by atoms with Gasteiger partial charge >= 0.3 is 5.97 Å². The number of aromatic amines is 1. The first-order valence-corrected chi connectivity index (χ1v) is 12.4. The number of hydrogen-bond donors (Lipinski definition) is 4. The van der Waals surface area contributed by atoms with Crippen molar-refractivity contribution in [3.05, 3.63) is 118 Å². The smallest absolute Gasteiger partial charge is 0.352 e. The standard InChI is InChI=1S/C29H21BrN4O4/c30-23-14-19(27(35)33-16-20-5-3-7-25-21(20)10-11-31-25)8-9-22(23)28(36)34-26(29(37)38)13-17-12-18-4-1-2-6-24(18)32-15-17/h1-15,31H,16H2,(H,33,35)(H,34,36)(H,37,38). The lowest BCUT2D eigenvalue weighted by Crippen LogP contribution is -2.28. The molecule has 0 atom stereocenters. The van der Waals surface area contributed by atoms with Crippen LogP contribution in [0.25, 0.3) is 27.9 Å². The number of carbonyl (C=O) groups is 3. The zero-order chi connectivity index (χ0) is 26.6.